The molecule has 1 aliphatic heterocycles. The van der Waals surface area contributed by atoms with Crippen molar-refractivity contribution in [2.45, 2.75) is 64.7 Å². The van der Waals surface area contributed by atoms with E-state index in [1.807, 2.05) is 24.3 Å². The topological polar surface area (TPSA) is 42.3 Å². The number of rotatable bonds is 7. The van der Waals surface area contributed by atoms with E-state index in [9.17, 15) is 9.59 Å². The lowest BCUT2D eigenvalue weighted by Crippen LogP contribution is -2.29. The van der Waals surface area contributed by atoms with Crippen molar-refractivity contribution >= 4 is 29.0 Å². The average Bonchev–Trinajstić information content (AvgIpc) is 3.33. The Kier molecular flexibility index (Phi) is 7.47. The highest BCUT2D eigenvalue weighted by atomic mass is 32.2. The Balaban J connectivity index is 1.29. The summed E-state index contributed by atoms with van der Waals surface area (Å²) in [6, 6.07) is 21.3. The zero-order chi connectivity index (χ0) is 25.1. The van der Waals surface area contributed by atoms with Crippen molar-refractivity contribution in [3.63, 3.8) is 0 Å². The normalized spacial score (nSPS) is 17.9. The van der Waals surface area contributed by atoms with Crippen LogP contribution >= 0.6 is 11.8 Å². The third-order valence-electron chi connectivity index (χ3n) is 7.55. The van der Waals surface area contributed by atoms with Crippen LogP contribution in [0.15, 0.2) is 65.6 Å². The number of nitrogens with zero attached hydrogens (tertiary/aromatic N) is 2. The second-order valence-electron chi connectivity index (χ2n) is 10.0. The highest BCUT2D eigenvalue weighted by Crippen LogP contribution is 2.35. The molecule has 4 nitrogen and oxygen atoms in total. The molecule has 2 aromatic carbocycles. The van der Waals surface area contributed by atoms with Crippen LogP contribution in [0.1, 0.15) is 72.5 Å². The van der Waals surface area contributed by atoms with Crippen LogP contribution in [0, 0.1) is 13.8 Å². The van der Waals surface area contributed by atoms with Gasteiger partial charge < -0.3 is 4.57 Å². The van der Waals surface area contributed by atoms with E-state index in [1.54, 1.807) is 0 Å². The van der Waals surface area contributed by atoms with E-state index >= 15 is 0 Å². The Morgan fingerprint density at radius 3 is 2.39 bits per heavy atom. The fourth-order valence-electron chi connectivity index (χ4n) is 5.58. The lowest BCUT2D eigenvalue weighted by Gasteiger charge is -2.22. The summed E-state index contributed by atoms with van der Waals surface area (Å²) in [5.74, 6) is 0.512. The molecule has 36 heavy (non-hydrogen) atoms. The molecule has 0 spiro atoms. The molecule has 2 aliphatic rings. The molecule has 1 saturated carbocycles. The maximum absolute atomic E-state index is 13.0. The Morgan fingerprint density at radius 1 is 0.944 bits per heavy atom. The third-order valence-corrected chi connectivity index (χ3v) is 8.46. The van der Waals surface area contributed by atoms with Gasteiger partial charge in [0.25, 0.3) is 11.1 Å². The summed E-state index contributed by atoms with van der Waals surface area (Å²) in [6.45, 7) is 4.62. The van der Waals surface area contributed by atoms with Gasteiger partial charge in [-0.1, -0.05) is 61.7 Å². The summed E-state index contributed by atoms with van der Waals surface area (Å²) in [4.78, 5) is 27.5. The van der Waals surface area contributed by atoms with Gasteiger partial charge in [-0.15, -0.1) is 0 Å². The summed E-state index contributed by atoms with van der Waals surface area (Å²) in [5.41, 5.74) is 6.98. The fourth-order valence-corrected chi connectivity index (χ4v) is 6.44. The quantitative estimate of drug-likeness (QED) is 0.312. The molecule has 5 rings (SSSR count). The van der Waals surface area contributed by atoms with Crippen molar-refractivity contribution in [1.82, 2.24) is 9.47 Å². The molecule has 186 valence electrons. The summed E-state index contributed by atoms with van der Waals surface area (Å²) in [5, 5.41) is -0.175. The number of amides is 2. The zero-order valence-corrected chi connectivity index (χ0v) is 22.0. The van der Waals surface area contributed by atoms with Gasteiger partial charge in [-0.05, 0) is 98.2 Å². The van der Waals surface area contributed by atoms with Crippen LogP contribution in [0.2, 0.25) is 0 Å². The van der Waals surface area contributed by atoms with Crippen molar-refractivity contribution in [3.8, 4) is 5.69 Å². The number of carbonyl (C=O) groups is 2. The van der Waals surface area contributed by atoms with Gasteiger partial charge in [0.05, 0.1) is 4.91 Å². The van der Waals surface area contributed by atoms with E-state index < -0.39 is 0 Å². The predicted molar refractivity (Wildman–Crippen MR) is 149 cm³/mol. The smallest absolute Gasteiger partial charge is 0.293 e. The maximum atomic E-state index is 13.0. The van der Waals surface area contributed by atoms with E-state index in [1.165, 1.54) is 48.1 Å². The number of hydrogen-bond donors (Lipinski definition) is 0. The van der Waals surface area contributed by atoms with Crippen LogP contribution in [0.4, 0.5) is 4.79 Å². The molecule has 0 radical (unpaired) electrons. The molecule has 5 heteroatoms. The average molecular weight is 499 g/mol. The molecule has 2 heterocycles. The van der Waals surface area contributed by atoms with E-state index in [0.717, 1.165) is 47.2 Å². The van der Waals surface area contributed by atoms with Crippen molar-refractivity contribution in [1.29, 1.82) is 0 Å². The summed E-state index contributed by atoms with van der Waals surface area (Å²) in [6.07, 6.45) is 10.1. The molecular weight excluding hydrogens is 464 g/mol. The van der Waals surface area contributed by atoms with Gasteiger partial charge in [-0.3, -0.25) is 14.5 Å². The molecular formula is C31H34N2O2S. The molecule has 0 atom stereocenters. The number of aromatic nitrogens is 1. The van der Waals surface area contributed by atoms with Gasteiger partial charge in [-0.25, -0.2) is 0 Å². The number of hydrogen-bond acceptors (Lipinski definition) is 3. The van der Waals surface area contributed by atoms with E-state index in [4.69, 9.17) is 0 Å². The molecule has 1 saturated heterocycles. The summed E-state index contributed by atoms with van der Waals surface area (Å²) in [7, 11) is 0. The Morgan fingerprint density at radius 2 is 1.67 bits per heavy atom. The number of benzene rings is 2. The second-order valence-corrected chi connectivity index (χ2v) is 11.0. The summed E-state index contributed by atoms with van der Waals surface area (Å²) < 4.78 is 2.24. The van der Waals surface area contributed by atoms with Crippen LogP contribution in [0.25, 0.3) is 11.8 Å². The Hall–Kier alpha value is -3.05. The van der Waals surface area contributed by atoms with E-state index in [-0.39, 0.29) is 11.1 Å². The van der Waals surface area contributed by atoms with E-state index in [2.05, 4.69) is 60.9 Å². The largest absolute Gasteiger partial charge is 0.318 e. The van der Waals surface area contributed by atoms with Crippen LogP contribution in [0.3, 0.4) is 0 Å². The molecule has 2 amide bonds. The second kappa shape index (κ2) is 10.9. The minimum Gasteiger partial charge on any atom is -0.318 e. The zero-order valence-electron chi connectivity index (χ0n) is 21.2. The molecule has 3 aromatic rings. The first-order valence-electron chi connectivity index (χ1n) is 13.1. The molecule has 1 aliphatic carbocycles. The number of carbonyl (C=O) groups excluding carboxylic acids is 2. The SMILES string of the molecule is Cc1cc(/C=C2\SC(=O)N(CCCc3ccccc3)C2=O)c(C)n1-c1ccc(C2CCCCC2)cc1. The van der Waals surface area contributed by atoms with Gasteiger partial charge in [0.15, 0.2) is 0 Å². The van der Waals surface area contributed by atoms with Crippen LogP contribution < -0.4 is 0 Å². The molecule has 0 unspecified atom stereocenters. The summed E-state index contributed by atoms with van der Waals surface area (Å²) >= 11 is 1.05. The van der Waals surface area contributed by atoms with Gasteiger partial charge in [0.1, 0.15) is 0 Å². The van der Waals surface area contributed by atoms with Gasteiger partial charge in [0, 0.05) is 23.6 Å². The lowest BCUT2D eigenvalue weighted by atomic mass is 9.84. The standard InChI is InChI=1S/C31H34N2O2S/c1-22-20-27(23(2)33(22)28-17-15-26(16-18-28)25-13-7-4-8-14-25)21-29-30(34)32(31(35)36-29)19-9-12-24-10-5-3-6-11-24/h3,5-6,10-11,15-18,20-21,25H,4,7-9,12-14,19H2,1-2H3/b29-21-. The Bertz CT molecular complexity index is 1270. The highest BCUT2D eigenvalue weighted by Gasteiger charge is 2.34. The van der Waals surface area contributed by atoms with Crippen molar-refractivity contribution in [2.75, 3.05) is 6.54 Å². The molecule has 2 fully saturated rings. The van der Waals surface area contributed by atoms with Crippen molar-refractivity contribution < 1.29 is 9.59 Å². The highest BCUT2D eigenvalue weighted by molar-refractivity contribution is 8.18. The van der Waals surface area contributed by atoms with Gasteiger partial charge in [0.2, 0.25) is 0 Å². The maximum Gasteiger partial charge on any atom is 0.293 e. The predicted octanol–water partition coefficient (Wildman–Crippen LogP) is 7.81. The van der Waals surface area contributed by atoms with Crippen LogP contribution in [-0.4, -0.2) is 27.2 Å². The van der Waals surface area contributed by atoms with E-state index in [0.29, 0.717) is 17.4 Å². The molecule has 1 aromatic heterocycles. The number of imide groups is 1. The lowest BCUT2D eigenvalue weighted by molar-refractivity contribution is -0.122. The van der Waals surface area contributed by atoms with Crippen molar-refractivity contribution in [3.05, 3.63) is 93.6 Å². The first-order chi connectivity index (χ1) is 17.5. The minimum absolute atomic E-state index is 0.175. The molecule has 0 bridgehead atoms. The first-order valence-corrected chi connectivity index (χ1v) is 13.9. The number of aryl methyl sites for hydroxylation is 2. The number of thioether (sulfide) groups is 1. The molecule has 0 N–H and O–H groups in total. The van der Waals surface area contributed by atoms with Crippen molar-refractivity contribution in [2.24, 2.45) is 0 Å². The van der Waals surface area contributed by atoms with Gasteiger partial charge in [-0.2, -0.15) is 0 Å². The third kappa shape index (κ3) is 5.22. The first kappa shape index (κ1) is 24.6. The minimum atomic E-state index is -0.181. The Labute approximate surface area is 218 Å². The van der Waals surface area contributed by atoms with Crippen LogP contribution in [0.5, 0.6) is 0 Å². The van der Waals surface area contributed by atoms with Crippen LogP contribution in [-0.2, 0) is 11.2 Å². The monoisotopic (exact) mass is 498 g/mol. The fraction of sp³-hybridized carbons (Fsp3) is 0.355. The van der Waals surface area contributed by atoms with Gasteiger partial charge >= 0.3 is 0 Å².